The molecule has 0 unspecified atom stereocenters. The molecule has 0 bridgehead atoms. The van der Waals surface area contributed by atoms with Crippen LogP contribution in [-0.4, -0.2) is 28.6 Å². The molecule has 0 radical (unpaired) electrons. The van der Waals surface area contributed by atoms with E-state index in [-0.39, 0.29) is 18.2 Å². The number of amides is 1. The van der Waals surface area contributed by atoms with Crippen molar-refractivity contribution in [1.29, 1.82) is 0 Å². The minimum Gasteiger partial charge on any atom is -0.453 e. The van der Waals surface area contributed by atoms with Gasteiger partial charge in [-0.05, 0) is 54.3 Å². The zero-order valence-corrected chi connectivity index (χ0v) is 25.2. The number of halogens is 4. The van der Waals surface area contributed by atoms with E-state index in [1.165, 1.54) is 23.5 Å². The molecule has 1 amide bonds. The van der Waals surface area contributed by atoms with Crippen LogP contribution < -0.4 is 20.7 Å². The summed E-state index contributed by atoms with van der Waals surface area (Å²) in [6, 6.07) is 24.3. The summed E-state index contributed by atoms with van der Waals surface area (Å²) in [5.74, 6) is -0.378. The van der Waals surface area contributed by atoms with Gasteiger partial charge in [0.05, 0.1) is 27.2 Å². The van der Waals surface area contributed by atoms with Crippen LogP contribution >= 0.6 is 23.6 Å². The summed E-state index contributed by atoms with van der Waals surface area (Å²) in [5, 5.41) is 8.31. The molecule has 3 aromatic carbocycles. The molecule has 5 aromatic rings. The van der Waals surface area contributed by atoms with Crippen molar-refractivity contribution in [2.24, 2.45) is 5.41 Å². The summed E-state index contributed by atoms with van der Waals surface area (Å²) in [4.78, 5) is 18.6. The Morgan fingerprint density at radius 1 is 0.933 bits per heavy atom. The molecule has 12 heteroatoms. The number of benzene rings is 3. The number of carbonyl (C=O) groups is 1. The molecular weight excluding hydrogens is 625 g/mol. The van der Waals surface area contributed by atoms with Gasteiger partial charge in [0.2, 0.25) is 5.91 Å². The highest BCUT2D eigenvalue weighted by molar-refractivity contribution is 7.80. The summed E-state index contributed by atoms with van der Waals surface area (Å²) in [5.41, 5.74) is 2.51. The van der Waals surface area contributed by atoms with Crippen LogP contribution in [0.4, 0.5) is 28.9 Å². The molecule has 0 saturated heterocycles. The number of pyridine rings is 1. The first-order chi connectivity index (χ1) is 21.6. The molecule has 1 aliphatic carbocycles. The standard InChI is InChI=1S/C33H26F4N4O2S2/c34-24-16-23(41-31(44)32(13-14-32)30(42)40-22-4-2-1-3-5-22)10-11-26(24)43-27-12-15-39-25-17-28(45-29(25)27)21-8-6-20(7-9-21)18-38-19-33(35,36)37/h1-12,15-17,38H,13-14,18-19H2,(H,40,42)(H,41,44). The molecule has 2 aromatic heterocycles. The fraction of sp³-hybridized carbons (Fsp3) is 0.182. The zero-order valence-electron chi connectivity index (χ0n) is 23.6. The number of carbonyl (C=O) groups excluding carboxylic acids is 1. The van der Waals surface area contributed by atoms with Gasteiger partial charge >= 0.3 is 6.18 Å². The Labute approximate surface area is 265 Å². The van der Waals surface area contributed by atoms with Crippen molar-refractivity contribution in [2.75, 3.05) is 17.2 Å². The lowest BCUT2D eigenvalue weighted by Gasteiger charge is -2.18. The molecule has 0 spiro atoms. The molecule has 6 rings (SSSR count). The van der Waals surface area contributed by atoms with Crippen molar-refractivity contribution in [2.45, 2.75) is 25.6 Å². The third-order valence-electron chi connectivity index (χ3n) is 7.33. The average molecular weight is 651 g/mol. The van der Waals surface area contributed by atoms with Crippen molar-refractivity contribution in [3.8, 4) is 21.9 Å². The molecule has 6 nitrogen and oxygen atoms in total. The van der Waals surface area contributed by atoms with Gasteiger partial charge in [0.1, 0.15) is 5.75 Å². The molecule has 1 fully saturated rings. The van der Waals surface area contributed by atoms with E-state index in [2.05, 4.69) is 20.9 Å². The number of aromatic nitrogens is 1. The maximum absolute atomic E-state index is 15.2. The lowest BCUT2D eigenvalue weighted by molar-refractivity contribution is -0.125. The first kappa shape index (κ1) is 30.6. The highest BCUT2D eigenvalue weighted by Crippen LogP contribution is 2.48. The van der Waals surface area contributed by atoms with Gasteiger partial charge in [-0.25, -0.2) is 4.39 Å². The Bertz CT molecular complexity index is 1860. The van der Waals surface area contributed by atoms with E-state index in [0.717, 1.165) is 16.0 Å². The van der Waals surface area contributed by atoms with Gasteiger partial charge in [-0.1, -0.05) is 54.7 Å². The van der Waals surface area contributed by atoms with E-state index >= 15 is 4.39 Å². The summed E-state index contributed by atoms with van der Waals surface area (Å²) < 4.78 is 59.1. The summed E-state index contributed by atoms with van der Waals surface area (Å²) >= 11 is 6.98. The van der Waals surface area contributed by atoms with E-state index in [0.29, 0.717) is 45.2 Å². The van der Waals surface area contributed by atoms with E-state index in [1.54, 1.807) is 42.6 Å². The number of nitrogens with zero attached hydrogens (tertiary/aromatic N) is 1. The van der Waals surface area contributed by atoms with E-state index in [1.807, 2.05) is 36.4 Å². The van der Waals surface area contributed by atoms with Crippen LogP contribution in [0.5, 0.6) is 11.5 Å². The van der Waals surface area contributed by atoms with Crippen molar-refractivity contribution in [3.63, 3.8) is 0 Å². The molecule has 1 saturated carbocycles. The molecule has 230 valence electrons. The quantitative estimate of drug-likeness (QED) is 0.104. The Hall–Kier alpha value is -4.39. The second-order valence-corrected chi connectivity index (χ2v) is 12.1. The number of para-hydroxylation sites is 1. The van der Waals surface area contributed by atoms with Gasteiger partial charge < -0.3 is 20.7 Å². The highest BCUT2D eigenvalue weighted by Gasteiger charge is 2.53. The number of fused-ring (bicyclic) bond motifs is 1. The molecule has 0 aliphatic heterocycles. The van der Waals surface area contributed by atoms with Gasteiger partial charge in [0, 0.05) is 41.1 Å². The molecule has 2 heterocycles. The molecular formula is C33H26F4N4O2S2. The SMILES string of the molecule is O=C(Nc1ccccc1)C1(C(=S)Nc2ccc(Oc3ccnc4cc(-c5ccc(CNCC(F)(F)F)cc5)sc34)c(F)c2)CC1. The van der Waals surface area contributed by atoms with Gasteiger partial charge in [-0.2, -0.15) is 13.2 Å². The normalized spacial score (nSPS) is 13.8. The largest absolute Gasteiger partial charge is 0.453 e. The number of thiophene rings is 1. The maximum Gasteiger partial charge on any atom is 0.401 e. The predicted molar refractivity (Wildman–Crippen MR) is 172 cm³/mol. The van der Waals surface area contributed by atoms with Crippen LogP contribution in [-0.2, 0) is 11.3 Å². The zero-order chi connectivity index (χ0) is 31.6. The number of ether oxygens (including phenoxy) is 1. The van der Waals surface area contributed by atoms with Crippen molar-refractivity contribution >= 4 is 56.0 Å². The minimum atomic E-state index is -4.26. The lowest BCUT2D eigenvalue weighted by atomic mass is 10.1. The summed E-state index contributed by atoms with van der Waals surface area (Å²) in [7, 11) is 0. The van der Waals surface area contributed by atoms with Crippen molar-refractivity contribution < 1.29 is 27.1 Å². The van der Waals surface area contributed by atoms with E-state index in [4.69, 9.17) is 17.0 Å². The Morgan fingerprint density at radius 2 is 1.69 bits per heavy atom. The third-order valence-corrected chi connectivity index (χ3v) is 9.01. The third kappa shape index (κ3) is 7.14. The van der Waals surface area contributed by atoms with Crippen LogP contribution in [0.3, 0.4) is 0 Å². The first-order valence-corrected chi connectivity index (χ1v) is 15.2. The number of anilines is 2. The number of rotatable bonds is 10. The molecule has 0 atom stereocenters. The minimum absolute atomic E-state index is 0.00702. The lowest BCUT2D eigenvalue weighted by Crippen LogP contribution is -2.34. The first-order valence-electron chi connectivity index (χ1n) is 14.0. The summed E-state index contributed by atoms with van der Waals surface area (Å²) in [6.07, 6.45) is -1.48. The van der Waals surface area contributed by atoms with E-state index in [9.17, 15) is 18.0 Å². The molecule has 3 N–H and O–H groups in total. The smallest absolute Gasteiger partial charge is 0.401 e. The van der Waals surface area contributed by atoms with Gasteiger partial charge in [0.15, 0.2) is 11.6 Å². The molecule has 1 aliphatic rings. The second-order valence-electron chi connectivity index (χ2n) is 10.7. The number of hydrogen-bond donors (Lipinski definition) is 3. The van der Waals surface area contributed by atoms with Crippen LogP contribution in [0.25, 0.3) is 20.7 Å². The average Bonchev–Trinajstić information content (AvgIpc) is 3.72. The second kappa shape index (κ2) is 12.5. The fourth-order valence-corrected chi connectivity index (χ4v) is 6.24. The number of thiocarbonyl (C=S) groups is 1. The van der Waals surface area contributed by atoms with Crippen LogP contribution in [0, 0.1) is 11.2 Å². The van der Waals surface area contributed by atoms with Crippen LogP contribution in [0.1, 0.15) is 18.4 Å². The number of alkyl halides is 3. The van der Waals surface area contributed by atoms with Crippen molar-refractivity contribution in [1.82, 2.24) is 10.3 Å². The predicted octanol–water partition coefficient (Wildman–Crippen LogP) is 8.70. The summed E-state index contributed by atoms with van der Waals surface area (Å²) in [6.45, 7) is -0.955. The molecule has 45 heavy (non-hydrogen) atoms. The van der Waals surface area contributed by atoms with E-state index < -0.39 is 24.0 Å². The Balaban J connectivity index is 1.12. The maximum atomic E-state index is 15.2. The van der Waals surface area contributed by atoms with Crippen LogP contribution in [0.2, 0.25) is 0 Å². The Kier molecular flexibility index (Phi) is 8.54. The van der Waals surface area contributed by atoms with Gasteiger partial charge in [-0.15, -0.1) is 11.3 Å². The van der Waals surface area contributed by atoms with Crippen LogP contribution in [0.15, 0.2) is 91.1 Å². The topological polar surface area (TPSA) is 75.3 Å². The van der Waals surface area contributed by atoms with Gasteiger partial charge in [0.25, 0.3) is 0 Å². The Morgan fingerprint density at radius 3 is 2.38 bits per heavy atom. The highest BCUT2D eigenvalue weighted by atomic mass is 32.1. The fourth-order valence-electron chi connectivity index (χ4n) is 4.76. The monoisotopic (exact) mass is 650 g/mol. The van der Waals surface area contributed by atoms with Crippen molar-refractivity contribution in [3.05, 3.63) is 103 Å². The number of nitrogens with one attached hydrogen (secondary N) is 3. The number of hydrogen-bond acceptors (Lipinski definition) is 6. The van der Waals surface area contributed by atoms with Gasteiger partial charge in [-0.3, -0.25) is 9.78 Å².